The average Bonchev–Trinajstić information content (AvgIpc) is 2.91. The van der Waals surface area contributed by atoms with Crippen LogP contribution in [0.2, 0.25) is 10.0 Å². The normalized spacial score (nSPS) is 11.4. The maximum Gasteiger partial charge on any atom is 0.158 e. The van der Waals surface area contributed by atoms with E-state index in [1.165, 1.54) is 0 Å². The molecule has 20 heavy (non-hydrogen) atoms. The van der Waals surface area contributed by atoms with Crippen LogP contribution >= 0.6 is 23.2 Å². The predicted octanol–water partition coefficient (Wildman–Crippen LogP) is 3.19. The first kappa shape index (κ1) is 13.3. The molecule has 3 aromatic heterocycles. The topological polar surface area (TPSA) is 61.1 Å². The Morgan fingerprint density at radius 1 is 1.30 bits per heavy atom. The fraction of sp³-hybridized carbons (Fsp3) is 0.231. The van der Waals surface area contributed by atoms with Crippen molar-refractivity contribution in [2.45, 2.75) is 13.3 Å². The highest BCUT2D eigenvalue weighted by atomic mass is 35.5. The third kappa shape index (κ3) is 1.94. The smallest absolute Gasteiger partial charge is 0.158 e. The van der Waals surface area contributed by atoms with Crippen molar-refractivity contribution in [2.75, 3.05) is 5.73 Å². The standard InChI is InChI=1S/C13H13Cl2N5/c1-3-10-8(6-19(2)18-10)11-12(16)20-5-7(14)4-9(15)13(20)17-11/h4-6H,3,16H2,1-2H3. The lowest BCUT2D eigenvalue weighted by Crippen LogP contribution is -1.95. The van der Waals surface area contributed by atoms with E-state index in [2.05, 4.69) is 10.1 Å². The van der Waals surface area contributed by atoms with Crippen molar-refractivity contribution in [2.24, 2.45) is 7.05 Å². The molecule has 0 unspecified atom stereocenters. The number of nitrogen functional groups attached to an aromatic ring is 1. The molecule has 0 bridgehead atoms. The highest BCUT2D eigenvalue weighted by Gasteiger charge is 2.18. The SMILES string of the molecule is CCc1nn(C)cc1-c1nc2c(Cl)cc(Cl)cn2c1N. The third-order valence-corrected chi connectivity index (χ3v) is 3.66. The number of nitrogens with zero attached hydrogens (tertiary/aromatic N) is 4. The summed E-state index contributed by atoms with van der Waals surface area (Å²) in [6, 6.07) is 1.65. The van der Waals surface area contributed by atoms with E-state index in [0.29, 0.717) is 27.2 Å². The molecule has 0 radical (unpaired) electrons. The van der Waals surface area contributed by atoms with Crippen molar-refractivity contribution < 1.29 is 0 Å². The van der Waals surface area contributed by atoms with E-state index >= 15 is 0 Å². The Labute approximate surface area is 125 Å². The zero-order valence-electron chi connectivity index (χ0n) is 11.1. The van der Waals surface area contributed by atoms with E-state index in [1.807, 2.05) is 20.2 Å². The van der Waals surface area contributed by atoms with E-state index in [9.17, 15) is 0 Å². The zero-order valence-corrected chi connectivity index (χ0v) is 12.6. The van der Waals surface area contributed by atoms with Crippen LogP contribution in [0.15, 0.2) is 18.5 Å². The molecule has 0 aliphatic rings. The molecule has 7 heteroatoms. The van der Waals surface area contributed by atoms with Crippen LogP contribution in [-0.2, 0) is 13.5 Å². The number of anilines is 1. The van der Waals surface area contributed by atoms with E-state index in [0.717, 1.165) is 17.7 Å². The molecule has 0 spiro atoms. The second-order valence-corrected chi connectivity index (χ2v) is 5.41. The predicted molar refractivity (Wildman–Crippen MR) is 81.2 cm³/mol. The van der Waals surface area contributed by atoms with Gasteiger partial charge in [0.15, 0.2) is 5.65 Å². The number of nitrogens with two attached hydrogens (primary N) is 1. The number of imidazole rings is 1. The van der Waals surface area contributed by atoms with E-state index in [-0.39, 0.29) is 0 Å². The quantitative estimate of drug-likeness (QED) is 0.791. The van der Waals surface area contributed by atoms with E-state index in [4.69, 9.17) is 28.9 Å². The lowest BCUT2D eigenvalue weighted by atomic mass is 10.1. The summed E-state index contributed by atoms with van der Waals surface area (Å²) in [6.07, 6.45) is 4.42. The van der Waals surface area contributed by atoms with Crippen LogP contribution in [0.1, 0.15) is 12.6 Å². The fourth-order valence-corrected chi connectivity index (χ4v) is 2.80. The Balaban J connectivity index is 2.32. The molecule has 5 nitrogen and oxygen atoms in total. The second kappa shape index (κ2) is 4.68. The molecule has 0 amide bonds. The Hall–Kier alpha value is -1.72. The summed E-state index contributed by atoms with van der Waals surface area (Å²) in [7, 11) is 1.87. The second-order valence-electron chi connectivity index (χ2n) is 4.56. The molecule has 3 aromatic rings. The average molecular weight is 310 g/mol. The summed E-state index contributed by atoms with van der Waals surface area (Å²) in [6.45, 7) is 2.04. The Morgan fingerprint density at radius 3 is 2.75 bits per heavy atom. The van der Waals surface area contributed by atoms with Gasteiger partial charge in [-0.05, 0) is 12.5 Å². The van der Waals surface area contributed by atoms with Crippen LogP contribution in [0.3, 0.4) is 0 Å². The highest BCUT2D eigenvalue weighted by molar-refractivity contribution is 6.36. The summed E-state index contributed by atoms with van der Waals surface area (Å²) in [5.41, 5.74) is 9.33. The first-order chi connectivity index (χ1) is 9.51. The Morgan fingerprint density at radius 2 is 2.05 bits per heavy atom. The van der Waals surface area contributed by atoms with Crippen molar-refractivity contribution in [1.29, 1.82) is 0 Å². The minimum absolute atomic E-state index is 0.470. The van der Waals surface area contributed by atoms with Crippen LogP contribution in [0.25, 0.3) is 16.9 Å². The van der Waals surface area contributed by atoms with E-state index in [1.54, 1.807) is 21.3 Å². The largest absolute Gasteiger partial charge is 0.383 e. The molecule has 0 atom stereocenters. The van der Waals surface area contributed by atoms with Gasteiger partial charge in [-0.2, -0.15) is 5.10 Å². The molecule has 0 saturated heterocycles. The van der Waals surface area contributed by atoms with Crippen molar-refractivity contribution in [3.8, 4) is 11.3 Å². The van der Waals surface area contributed by atoms with Gasteiger partial charge in [0.25, 0.3) is 0 Å². The molecule has 0 aliphatic carbocycles. The summed E-state index contributed by atoms with van der Waals surface area (Å²) in [5.74, 6) is 0.507. The highest BCUT2D eigenvalue weighted by Crippen LogP contribution is 2.32. The van der Waals surface area contributed by atoms with Crippen molar-refractivity contribution in [3.63, 3.8) is 0 Å². The third-order valence-electron chi connectivity index (χ3n) is 3.17. The van der Waals surface area contributed by atoms with Gasteiger partial charge in [0.1, 0.15) is 11.5 Å². The first-order valence-corrected chi connectivity index (χ1v) is 6.92. The number of pyridine rings is 1. The lowest BCUT2D eigenvalue weighted by Gasteiger charge is -2.00. The van der Waals surface area contributed by atoms with Crippen molar-refractivity contribution in [1.82, 2.24) is 19.2 Å². The van der Waals surface area contributed by atoms with Crippen molar-refractivity contribution >= 4 is 34.7 Å². The van der Waals surface area contributed by atoms with Crippen molar-refractivity contribution in [3.05, 3.63) is 34.2 Å². The van der Waals surface area contributed by atoms with Gasteiger partial charge in [-0.15, -0.1) is 0 Å². The number of hydrogen-bond acceptors (Lipinski definition) is 3. The number of aromatic nitrogens is 4. The van der Waals surface area contributed by atoms with E-state index < -0.39 is 0 Å². The lowest BCUT2D eigenvalue weighted by molar-refractivity contribution is 0.746. The number of halogens is 2. The van der Waals surface area contributed by atoms with Gasteiger partial charge >= 0.3 is 0 Å². The van der Waals surface area contributed by atoms with Crippen LogP contribution in [-0.4, -0.2) is 19.2 Å². The molecular formula is C13H13Cl2N5. The monoisotopic (exact) mass is 309 g/mol. The number of rotatable bonds is 2. The fourth-order valence-electron chi connectivity index (χ4n) is 2.28. The molecule has 104 valence electrons. The summed E-state index contributed by atoms with van der Waals surface area (Å²) < 4.78 is 3.46. The van der Waals surface area contributed by atoms with Crippen LogP contribution in [0.5, 0.6) is 0 Å². The Bertz CT molecular complexity index is 803. The Kier molecular flexibility index (Phi) is 3.11. The molecule has 3 heterocycles. The summed E-state index contributed by atoms with van der Waals surface area (Å²) in [4.78, 5) is 4.54. The summed E-state index contributed by atoms with van der Waals surface area (Å²) >= 11 is 12.2. The van der Waals surface area contributed by atoms with Gasteiger partial charge in [-0.3, -0.25) is 9.08 Å². The van der Waals surface area contributed by atoms with Gasteiger partial charge in [0, 0.05) is 25.0 Å². The van der Waals surface area contributed by atoms with Gasteiger partial charge < -0.3 is 5.73 Å². The number of hydrogen-bond donors (Lipinski definition) is 1. The zero-order chi connectivity index (χ0) is 14.4. The molecule has 2 N–H and O–H groups in total. The van der Waals surface area contributed by atoms with Gasteiger partial charge in [-0.25, -0.2) is 4.98 Å². The molecular weight excluding hydrogens is 297 g/mol. The number of aryl methyl sites for hydroxylation is 2. The molecule has 3 rings (SSSR count). The van der Waals surface area contributed by atoms with Gasteiger partial charge in [0.05, 0.1) is 15.7 Å². The van der Waals surface area contributed by atoms with Crippen LogP contribution in [0.4, 0.5) is 5.82 Å². The van der Waals surface area contributed by atoms with Gasteiger partial charge in [-0.1, -0.05) is 30.1 Å². The molecule has 0 aliphatic heterocycles. The van der Waals surface area contributed by atoms with Gasteiger partial charge in [0.2, 0.25) is 0 Å². The minimum atomic E-state index is 0.470. The maximum absolute atomic E-state index is 6.19. The first-order valence-electron chi connectivity index (χ1n) is 6.16. The number of fused-ring (bicyclic) bond motifs is 1. The molecule has 0 fully saturated rings. The molecule has 0 saturated carbocycles. The summed E-state index contributed by atoms with van der Waals surface area (Å²) in [5, 5.41) is 5.39. The van der Waals surface area contributed by atoms with Crippen LogP contribution in [0, 0.1) is 0 Å². The van der Waals surface area contributed by atoms with Crippen LogP contribution < -0.4 is 5.73 Å². The minimum Gasteiger partial charge on any atom is -0.383 e. The maximum atomic E-state index is 6.19. The molecule has 0 aromatic carbocycles.